The van der Waals surface area contributed by atoms with Crippen LogP contribution < -0.4 is 15.0 Å². The Bertz CT molecular complexity index is 1610. The van der Waals surface area contributed by atoms with Crippen LogP contribution in [-0.4, -0.2) is 32.1 Å². The Hall–Kier alpha value is -4.78. The maximum absolute atomic E-state index is 13.1. The molecule has 7 nitrogen and oxygen atoms in total. The molecule has 1 spiro atoms. The molecule has 196 valence electrons. The van der Waals surface area contributed by atoms with Gasteiger partial charge in [0.2, 0.25) is 0 Å². The van der Waals surface area contributed by atoms with Crippen molar-refractivity contribution in [3.05, 3.63) is 113 Å². The largest absolute Gasteiger partial charge is 0.465 e. The lowest BCUT2D eigenvalue weighted by Gasteiger charge is -2.36. The second-order valence-corrected chi connectivity index (χ2v) is 9.41. The number of hydrogen-bond acceptors (Lipinski definition) is 7. The topological polar surface area (TPSA) is 77.1 Å². The molecule has 2 heterocycles. The monoisotopic (exact) mass is 520 g/mol. The molecule has 1 atom stereocenters. The molecule has 2 aliphatic rings. The van der Waals surface area contributed by atoms with Gasteiger partial charge in [-0.15, -0.1) is 0 Å². The SMILES string of the molecule is CCN(CC)c1cccc(Nc2ccc3c(c2)C2(OC(=O)c4ccccc42)c2ccccc2O3)c1C(=O)OC. The molecule has 2 aliphatic heterocycles. The summed E-state index contributed by atoms with van der Waals surface area (Å²) in [6, 6.07) is 26.4. The molecule has 7 heteroatoms. The molecule has 1 unspecified atom stereocenters. The highest BCUT2D eigenvalue weighted by Gasteiger charge is 2.53. The van der Waals surface area contributed by atoms with E-state index >= 15 is 0 Å². The van der Waals surface area contributed by atoms with Gasteiger partial charge in [0.05, 0.1) is 24.0 Å². The van der Waals surface area contributed by atoms with Gasteiger partial charge >= 0.3 is 11.9 Å². The van der Waals surface area contributed by atoms with Crippen LogP contribution in [0.25, 0.3) is 0 Å². The number of para-hydroxylation sites is 1. The molecule has 0 bridgehead atoms. The van der Waals surface area contributed by atoms with Crippen molar-refractivity contribution < 1.29 is 23.8 Å². The van der Waals surface area contributed by atoms with Crippen molar-refractivity contribution in [1.29, 1.82) is 0 Å². The van der Waals surface area contributed by atoms with Crippen LogP contribution in [0.1, 0.15) is 51.3 Å². The number of fused-ring (bicyclic) bond motifs is 6. The van der Waals surface area contributed by atoms with Gasteiger partial charge in [-0.3, -0.25) is 0 Å². The van der Waals surface area contributed by atoms with Crippen molar-refractivity contribution in [3.63, 3.8) is 0 Å². The maximum atomic E-state index is 13.1. The van der Waals surface area contributed by atoms with Crippen molar-refractivity contribution in [2.45, 2.75) is 19.4 Å². The Labute approximate surface area is 226 Å². The predicted molar refractivity (Wildman–Crippen MR) is 149 cm³/mol. The summed E-state index contributed by atoms with van der Waals surface area (Å²) in [6.45, 7) is 5.58. The van der Waals surface area contributed by atoms with Gasteiger partial charge in [-0.25, -0.2) is 9.59 Å². The third-order valence-electron chi connectivity index (χ3n) is 7.43. The summed E-state index contributed by atoms with van der Waals surface area (Å²) in [4.78, 5) is 28.2. The lowest BCUT2D eigenvalue weighted by molar-refractivity contribution is 0.0224. The Morgan fingerprint density at radius 3 is 2.36 bits per heavy atom. The van der Waals surface area contributed by atoms with Gasteiger partial charge in [0.15, 0.2) is 5.60 Å². The number of anilines is 3. The van der Waals surface area contributed by atoms with Gasteiger partial charge in [-0.05, 0) is 56.3 Å². The highest BCUT2D eigenvalue weighted by atomic mass is 16.6. The summed E-state index contributed by atoms with van der Waals surface area (Å²) in [6.07, 6.45) is 0. The number of rotatable bonds is 6. The van der Waals surface area contributed by atoms with E-state index in [0.717, 1.165) is 29.9 Å². The lowest BCUT2D eigenvalue weighted by atomic mass is 9.77. The number of benzene rings is 4. The third kappa shape index (κ3) is 3.73. The number of carbonyl (C=O) groups excluding carboxylic acids is 2. The van der Waals surface area contributed by atoms with Crippen LogP contribution in [0.4, 0.5) is 17.1 Å². The van der Waals surface area contributed by atoms with E-state index in [1.165, 1.54) is 7.11 Å². The van der Waals surface area contributed by atoms with E-state index in [4.69, 9.17) is 14.2 Å². The van der Waals surface area contributed by atoms with Crippen LogP contribution >= 0.6 is 0 Å². The fraction of sp³-hybridized carbons (Fsp3) is 0.188. The molecule has 4 aromatic carbocycles. The minimum atomic E-state index is -1.16. The van der Waals surface area contributed by atoms with E-state index in [9.17, 15) is 9.59 Å². The summed E-state index contributed by atoms with van der Waals surface area (Å²) in [5.41, 5.74) is 4.15. The van der Waals surface area contributed by atoms with Gasteiger partial charge in [-0.1, -0.05) is 42.5 Å². The number of nitrogens with one attached hydrogen (secondary N) is 1. The normalized spacial score (nSPS) is 16.4. The number of hydrogen-bond donors (Lipinski definition) is 1. The zero-order chi connectivity index (χ0) is 27.1. The quantitative estimate of drug-likeness (QED) is 0.286. The molecule has 4 aromatic rings. The highest BCUT2D eigenvalue weighted by molar-refractivity contribution is 6.02. The van der Waals surface area contributed by atoms with E-state index in [2.05, 4.69) is 10.2 Å². The van der Waals surface area contributed by atoms with Crippen LogP contribution in [0.2, 0.25) is 0 Å². The first-order chi connectivity index (χ1) is 19.0. The fourth-order valence-corrected chi connectivity index (χ4v) is 5.64. The molecule has 0 amide bonds. The summed E-state index contributed by atoms with van der Waals surface area (Å²) in [5.74, 6) is 0.417. The molecular weight excluding hydrogens is 492 g/mol. The van der Waals surface area contributed by atoms with Gasteiger partial charge in [0, 0.05) is 35.5 Å². The van der Waals surface area contributed by atoms with E-state index in [1.54, 1.807) is 6.07 Å². The van der Waals surface area contributed by atoms with Gasteiger partial charge < -0.3 is 24.4 Å². The fourth-order valence-electron chi connectivity index (χ4n) is 5.64. The summed E-state index contributed by atoms with van der Waals surface area (Å²) < 4.78 is 17.7. The maximum Gasteiger partial charge on any atom is 0.342 e. The van der Waals surface area contributed by atoms with Crippen molar-refractivity contribution >= 4 is 29.0 Å². The van der Waals surface area contributed by atoms with Crippen LogP contribution in [-0.2, 0) is 15.1 Å². The highest BCUT2D eigenvalue weighted by Crippen LogP contribution is 2.56. The van der Waals surface area contributed by atoms with E-state index in [-0.39, 0.29) is 5.97 Å². The molecule has 0 saturated carbocycles. The molecule has 0 aliphatic carbocycles. The van der Waals surface area contributed by atoms with Crippen LogP contribution in [0, 0.1) is 0 Å². The van der Waals surface area contributed by atoms with Crippen molar-refractivity contribution in [2.75, 3.05) is 30.4 Å². The summed E-state index contributed by atoms with van der Waals surface area (Å²) in [5, 5.41) is 3.42. The van der Waals surface area contributed by atoms with Gasteiger partial charge in [0.1, 0.15) is 17.1 Å². The summed E-state index contributed by atoms with van der Waals surface area (Å²) >= 11 is 0. The second-order valence-electron chi connectivity index (χ2n) is 9.41. The Morgan fingerprint density at radius 2 is 1.59 bits per heavy atom. The van der Waals surface area contributed by atoms with E-state index in [0.29, 0.717) is 39.6 Å². The average Bonchev–Trinajstić information content (AvgIpc) is 3.27. The Kier molecular flexibility index (Phi) is 5.99. The Morgan fingerprint density at radius 1 is 0.872 bits per heavy atom. The molecule has 0 saturated heterocycles. The minimum Gasteiger partial charge on any atom is -0.465 e. The molecular formula is C32H28N2O5. The van der Waals surface area contributed by atoms with Crippen LogP contribution in [0.15, 0.2) is 84.9 Å². The smallest absolute Gasteiger partial charge is 0.342 e. The first-order valence-corrected chi connectivity index (χ1v) is 13.0. The van der Waals surface area contributed by atoms with Crippen LogP contribution in [0.5, 0.6) is 11.5 Å². The van der Waals surface area contributed by atoms with Crippen molar-refractivity contribution in [3.8, 4) is 11.5 Å². The first-order valence-electron chi connectivity index (χ1n) is 13.0. The summed E-state index contributed by atoms with van der Waals surface area (Å²) in [7, 11) is 1.38. The number of nitrogens with zero attached hydrogens (tertiary/aromatic N) is 1. The molecule has 0 fully saturated rings. The number of esters is 2. The first kappa shape index (κ1) is 24.6. The predicted octanol–water partition coefficient (Wildman–Crippen LogP) is 6.63. The molecule has 6 rings (SSSR count). The molecule has 39 heavy (non-hydrogen) atoms. The lowest BCUT2D eigenvalue weighted by Crippen LogP contribution is -2.33. The standard InChI is InChI=1S/C32H28N2O5/c1-4-34(5-2)26-15-10-14-25(29(26)31(36)37-3)33-20-17-18-28-24(19-20)32(23-13-8-9-16-27(23)38-28)22-12-7-6-11-21(22)30(35)39-32/h6-19,33H,4-5H2,1-3H3. The number of methoxy groups -OCH3 is 1. The zero-order valence-electron chi connectivity index (χ0n) is 22.0. The van der Waals surface area contributed by atoms with E-state index in [1.807, 2.05) is 92.7 Å². The average molecular weight is 521 g/mol. The zero-order valence-corrected chi connectivity index (χ0v) is 22.0. The molecule has 0 radical (unpaired) electrons. The molecule has 1 N–H and O–H groups in total. The number of ether oxygens (including phenoxy) is 3. The van der Waals surface area contributed by atoms with Crippen molar-refractivity contribution in [1.82, 2.24) is 0 Å². The van der Waals surface area contributed by atoms with E-state index < -0.39 is 11.6 Å². The number of carbonyl (C=O) groups is 2. The second kappa shape index (κ2) is 9.51. The van der Waals surface area contributed by atoms with Crippen LogP contribution in [0.3, 0.4) is 0 Å². The minimum absolute atomic E-state index is 0.383. The third-order valence-corrected chi connectivity index (χ3v) is 7.43. The molecule has 0 aromatic heterocycles. The Balaban J connectivity index is 1.51. The van der Waals surface area contributed by atoms with Gasteiger partial charge in [-0.2, -0.15) is 0 Å². The van der Waals surface area contributed by atoms with Crippen molar-refractivity contribution in [2.24, 2.45) is 0 Å². The van der Waals surface area contributed by atoms with Gasteiger partial charge in [0.25, 0.3) is 0 Å².